The molecule has 0 aliphatic rings. The monoisotopic (exact) mass is 256 g/mol. The van der Waals surface area contributed by atoms with Crippen LogP contribution in [0.2, 0.25) is 0 Å². The summed E-state index contributed by atoms with van der Waals surface area (Å²) in [7, 11) is 0. The number of benzene rings is 1. The third kappa shape index (κ3) is 3.12. The van der Waals surface area contributed by atoms with Crippen molar-refractivity contribution < 1.29 is 4.79 Å². The maximum atomic E-state index is 11.5. The summed E-state index contributed by atoms with van der Waals surface area (Å²) in [4.78, 5) is 11.5. The van der Waals surface area contributed by atoms with Crippen LogP contribution in [0.25, 0.3) is 0 Å². The van der Waals surface area contributed by atoms with Gasteiger partial charge in [0.05, 0.1) is 0 Å². The highest BCUT2D eigenvalue weighted by atomic mass is 79.9. The number of amides is 1. The Morgan fingerprint density at radius 1 is 1.50 bits per heavy atom. The van der Waals surface area contributed by atoms with Crippen LogP contribution in [0, 0.1) is 0 Å². The Bertz CT molecular complexity index is 310. The summed E-state index contributed by atoms with van der Waals surface area (Å²) in [6.45, 7) is 2.32. The fourth-order valence-electron chi connectivity index (χ4n) is 0.967. The third-order valence-electron chi connectivity index (χ3n) is 1.84. The molecule has 1 rings (SSSR count). The van der Waals surface area contributed by atoms with E-state index in [1.165, 1.54) is 0 Å². The second kappa shape index (κ2) is 5.12. The molecule has 1 aromatic rings. The van der Waals surface area contributed by atoms with Crippen LogP contribution in [0.4, 0.5) is 0 Å². The number of rotatable bonds is 3. The van der Waals surface area contributed by atoms with Gasteiger partial charge in [-0.3, -0.25) is 4.79 Å². The maximum Gasteiger partial charge on any atom is 0.251 e. The molecule has 0 aromatic heterocycles. The zero-order valence-corrected chi connectivity index (χ0v) is 9.54. The Balaban J connectivity index is 2.65. The van der Waals surface area contributed by atoms with Crippen molar-refractivity contribution in [3.8, 4) is 0 Å². The molecule has 76 valence electrons. The van der Waals surface area contributed by atoms with Gasteiger partial charge in [0.25, 0.3) is 5.91 Å². The molecule has 0 spiro atoms. The highest BCUT2D eigenvalue weighted by Gasteiger charge is 2.07. The van der Waals surface area contributed by atoms with E-state index in [0.717, 1.165) is 4.47 Å². The van der Waals surface area contributed by atoms with Crippen molar-refractivity contribution in [2.24, 2.45) is 5.73 Å². The Morgan fingerprint density at radius 2 is 2.07 bits per heavy atom. The molecule has 0 aliphatic heterocycles. The molecule has 1 atom stereocenters. The minimum atomic E-state index is -0.0875. The van der Waals surface area contributed by atoms with Crippen LogP contribution < -0.4 is 11.1 Å². The van der Waals surface area contributed by atoms with Crippen molar-refractivity contribution in [3.05, 3.63) is 34.3 Å². The second-order valence-electron chi connectivity index (χ2n) is 3.12. The lowest BCUT2D eigenvalue weighted by Crippen LogP contribution is -2.37. The largest absolute Gasteiger partial charge is 0.348 e. The van der Waals surface area contributed by atoms with E-state index in [9.17, 15) is 4.79 Å². The average Bonchev–Trinajstić information content (AvgIpc) is 2.18. The Hall–Kier alpha value is -0.870. The van der Waals surface area contributed by atoms with Gasteiger partial charge in [-0.15, -0.1) is 0 Å². The minimum Gasteiger partial charge on any atom is -0.348 e. The lowest BCUT2D eigenvalue weighted by atomic mass is 10.2. The van der Waals surface area contributed by atoms with E-state index in [0.29, 0.717) is 12.1 Å². The van der Waals surface area contributed by atoms with Crippen LogP contribution in [-0.2, 0) is 0 Å². The number of nitrogens with two attached hydrogens (primary N) is 1. The fraction of sp³-hybridized carbons (Fsp3) is 0.300. The number of carbonyl (C=O) groups is 1. The van der Waals surface area contributed by atoms with Crippen LogP contribution in [0.3, 0.4) is 0 Å². The second-order valence-corrected chi connectivity index (χ2v) is 4.03. The van der Waals surface area contributed by atoms with Gasteiger partial charge in [-0.25, -0.2) is 0 Å². The van der Waals surface area contributed by atoms with E-state index < -0.39 is 0 Å². The topological polar surface area (TPSA) is 55.1 Å². The smallest absolute Gasteiger partial charge is 0.251 e. The first-order valence-electron chi connectivity index (χ1n) is 4.40. The van der Waals surface area contributed by atoms with Crippen molar-refractivity contribution >= 4 is 21.8 Å². The first-order valence-corrected chi connectivity index (χ1v) is 5.19. The summed E-state index contributed by atoms with van der Waals surface area (Å²) >= 11 is 3.31. The highest BCUT2D eigenvalue weighted by molar-refractivity contribution is 9.10. The van der Waals surface area contributed by atoms with E-state index in [-0.39, 0.29) is 11.9 Å². The van der Waals surface area contributed by atoms with Crippen molar-refractivity contribution in [3.63, 3.8) is 0 Å². The van der Waals surface area contributed by atoms with Gasteiger partial charge in [-0.05, 0) is 31.2 Å². The Kier molecular flexibility index (Phi) is 4.10. The molecule has 4 heteroatoms. The Labute approximate surface area is 91.8 Å². The molecule has 0 saturated carbocycles. The molecule has 0 aliphatic carbocycles. The maximum absolute atomic E-state index is 11.5. The van der Waals surface area contributed by atoms with Crippen LogP contribution in [0.15, 0.2) is 28.7 Å². The third-order valence-corrected chi connectivity index (χ3v) is 2.37. The first kappa shape index (κ1) is 11.2. The van der Waals surface area contributed by atoms with Crippen LogP contribution in [0.1, 0.15) is 17.3 Å². The van der Waals surface area contributed by atoms with E-state index in [4.69, 9.17) is 5.73 Å². The lowest BCUT2D eigenvalue weighted by molar-refractivity contribution is 0.0941. The van der Waals surface area contributed by atoms with Gasteiger partial charge in [0.2, 0.25) is 0 Å². The summed E-state index contributed by atoms with van der Waals surface area (Å²) in [5.41, 5.74) is 6.05. The van der Waals surface area contributed by atoms with Gasteiger partial charge < -0.3 is 11.1 Å². The summed E-state index contributed by atoms with van der Waals surface area (Å²) in [6.07, 6.45) is 0. The number of nitrogens with one attached hydrogen (secondary N) is 1. The molecular weight excluding hydrogens is 244 g/mol. The van der Waals surface area contributed by atoms with E-state index >= 15 is 0 Å². The fourth-order valence-corrected chi connectivity index (χ4v) is 1.23. The normalized spacial score (nSPS) is 12.2. The SMILES string of the molecule is C[C@@H](CN)NC(=O)c1ccc(Br)cc1. The van der Waals surface area contributed by atoms with Crippen molar-refractivity contribution in [1.82, 2.24) is 5.32 Å². The number of hydrogen-bond donors (Lipinski definition) is 2. The first-order chi connectivity index (χ1) is 6.63. The standard InChI is InChI=1S/C10H13BrN2O/c1-7(6-12)13-10(14)8-2-4-9(11)5-3-8/h2-5,7H,6,12H2,1H3,(H,13,14)/t7-/m0/s1. The molecule has 0 radical (unpaired) electrons. The molecule has 0 unspecified atom stereocenters. The van der Waals surface area contributed by atoms with Gasteiger partial charge in [0.15, 0.2) is 0 Å². The number of carbonyl (C=O) groups excluding carboxylic acids is 1. The predicted octanol–water partition coefficient (Wildman–Crippen LogP) is 1.53. The summed E-state index contributed by atoms with van der Waals surface area (Å²) in [6, 6.07) is 7.21. The summed E-state index contributed by atoms with van der Waals surface area (Å²) in [5, 5.41) is 2.79. The van der Waals surface area contributed by atoms with Crippen LogP contribution in [0.5, 0.6) is 0 Å². The lowest BCUT2D eigenvalue weighted by Gasteiger charge is -2.10. The molecule has 3 N–H and O–H groups in total. The van der Waals surface area contributed by atoms with Gasteiger partial charge in [-0.1, -0.05) is 15.9 Å². The molecule has 1 aromatic carbocycles. The van der Waals surface area contributed by atoms with Crippen molar-refractivity contribution in [2.75, 3.05) is 6.54 Å². The Morgan fingerprint density at radius 3 is 2.57 bits per heavy atom. The number of halogens is 1. The molecular formula is C10H13BrN2O. The molecule has 0 fully saturated rings. The van der Waals surface area contributed by atoms with Crippen molar-refractivity contribution in [2.45, 2.75) is 13.0 Å². The molecule has 0 bridgehead atoms. The van der Waals surface area contributed by atoms with Gasteiger partial charge in [-0.2, -0.15) is 0 Å². The summed E-state index contributed by atoms with van der Waals surface area (Å²) in [5.74, 6) is -0.0875. The zero-order valence-electron chi connectivity index (χ0n) is 7.96. The van der Waals surface area contributed by atoms with Gasteiger partial charge in [0.1, 0.15) is 0 Å². The molecule has 0 saturated heterocycles. The van der Waals surface area contributed by atoms with Crippen LogP contribution >= 0.6 is 15.9 Å². The molecule has 14 heavy (non-hydrogen) atoms. The zero-order chi connectivity index (χ0) is 10.6. The van der Waals surface area contributed by atoms with Crippen molar-refractivity contribution in [1.29, 1.82) is 0 Å². The molecule has 1 amide bonds. The minimum absolute atomic E-state index is 0.00569. The van der Waals surface area contributed by atoms with Gasteiger partial charge >= 0.3 is 0 Å². The average molecular weight is 257 g/mol. The summed E-state index contributed by atoms with van der Waals surface area (Å²) < 4.78 is 0.959. The van der Waals surface area contributed by atoms with Gasteiger partial charge in [0, 0.05) is 22.6 Å². The van der Waals surface area contributed by atoms with E-state index in [1.54, 1.807) is 12.1 Å². The van der Waals surface area contributed by atoms with Crippen LogP contribution in [-0.4, -0.2) is 18.5 Å². The molecule has 3 nitrogen and oxygen atoms in total. The molecule has 0 heterocycles. The predicted molar refractivity (Wildman–Crippen MR) is 60.1 cm³/mol. The highest BCUT2D eigenvalue weighted by Crippen LogP contribution is 2.10. The quantitative estimate of drug-likeness (QED) is 0.862. The number of hydrogen-bond acceptors (Lipinski definition) is 2. The van der Waals surface area contributed by atoms with E-state index in [2.05, 4.69) is 21.2 Å². The van der Waals surface area contributed by atoms with E-state index in [1.807, 2.05) is 19.1 Å².